The molecule has 0 heterocycles. The predicted octanol–water partition coefficient (Wildman–Crippen LogP) is 1.77. The number of aryl methyl sites for hydroxylation is 1. The van der Waals surface area contributed by atoms with Gasteiger partial charge >= 0.3 is 5.97 Å². The van der Waals surface area contributed by atoms with Gasteiger partial charge in [-0.3, -0.25) is 0 Å². The van der Waals surface area contributed by atoms with Gasteiger partial charge in [0.15, 0.2) is 5.60 Å². The molecular weight excluding hydrogens is 192 g/mol. The van der Waals surface area contributed by atoms with Crippen LogP contribution in [0.5, 0.6) is 0 Å². The van der Waals surface area contributed by atoms with Crippen molar-refractivity contribution in [2.75, 3.05) is 6.61 Å². The molecule has 0 amide bonds. The summed E-state index contributed by atoms with van der Waals surface area (Å²) in [5, 5.41) is 10.0. The first-order chi connectivity index (χ1) is 6.98. The van der Waals surface area contributed by atoms with Crippen molar-refractivity contribution in [2.45, 2.75) is 26.4 Å². The molecule has 1 atom stereocenters. The summed E-state index contributed by atoms with van der Waals surface area (Å²) in [5.41, 5.74) is -0.0137. The van der Waals surface area contributed by atoms with Crippen LogP contribution in [0.3, 0.4) is 0 Å². The van der Waals surface area contributed by atoms with Gasteiger partial charge in [0, 0.05) is 0 Å². The monoisotopic (exact) mass is 208 g/mol. The molecule has 1 unspecified atom stereocenters. The van der Waals surface area contributed by atoms with Crippen LogP contribution in [-0.4, -0.2) is 17.7 Å². The van der Waals surface area contributed by atoms with Gasteiger partial charge in [-0.05, 0) is 26.3 Å². The number of benzene rings is 1. The Balaban J connectivity index is 2.99. The zero-order valence-corrected chi connectivity index (χ0v) is 9.28. The molecule has 1 rings (SSSR count). The van der Waals surface area contributed by atoms with E-state index < -0.39 is 11.6 Å². The molecule has 0 saturated carbocycles. The van der Waals surface area contributed by atoms with Gasteiger partial charge in [-0.2, -0.15) is 0 Å². The van der Waals surface area contributed by atoms with Crippen LogP contribution in [0.2, 0.25) is 0 Å². The van der Waals surface area contributed by atoms with E-state index in [0.29, 0.717) is 5.56 Å². The van der Waals surface area contributed by atoms with Crippen molar-refractivity contribution in [3.8, 4) is 0 Å². The second-order valence-electron chi connectivity index (χ2n) is 3.66. The van der Waals surface area contributed by atoms with E-state index in [4.69, 9.17) is 4.74 Å². The Morgan fingerprint density at radius 3 is 2.73 bits per heavy atom. The molecule has 0 spiro atoms. The predicted molar refractivity (Wildman–Crippen MR) is 57.4 cm³/mol. The molecular formula is C12H16O3. The van der Waals surface area contributed by atoms with Crippen molar-refractivity contribution in [2.24, 2.45) is 0 Å². The van der Waals surface area contributed by atoms with Gasteiger partial charge in [-0.1, -0.05) is 29.8 Å². The molecule has 0 aromatic heterocycles. The minimum absolute atomic E-state index is 0.265. The summed E-state index contributed by atoms with van der Waals surface area (Å²) < 4.78 is 4.81. The lowest BCUT2D eigenvalue weighted by Crippen LogP contribution is -2.34. The molecule has 1 aromatic rings. The van der Waals surface area contributed by atoms with Crippen LogP contribution in [0.25, 0.3) is 0 Å². The molecule has 0 radical (unpaired) electrons. The summed E-state index contributed by atoms with van der Waals surface area (Å²) in [6.45, 7) is 5.33. The number of rotatable bonds is 3. The molecule has 3 nitrogen and oxygen atoms in total. The van der Waals surface area contributed by atoms with Crippen LogP contribution < -0.4 is 0 Å². The average molecular weight is 208 g/mol. The van der Waals surface area contributed by atoms with Gasteiger partial charge in [0.25, 0.3) is 0 Å². The average Bonchev–Trinajstić information content (AvgIpc) is 2.18. The van der Waals surface area contributed by atoms with Crippen molar-refractivity contribution < 1.29 is 14.6 Å². The van der Waals surface area contributed by atoms with Gasteiger partial charge < -0.3 is 9.84 Å². The molecule has 0 saturated heterocycles. The van der Waals surface area contributed by atoms with E-state index in [2.05, 4.69) is 0 Å². The Morgan fingerprint density at radius 1 is 1.53 bits per heavy atom. The molecule has 1 aromatic carbocycles. The Kier molecular flexibility index (Phi) is 3.48. The maximum atomic E-state index is 11.5. The third-order valence-electron chi connectivity index (χ3n) is 2.25. The molecule has 3 heteroatoms. The number of hydrogen-bond acceptors (Lipinski definition) is 3. The third-order valence-corrected chi connectivity index (χ3v) is 2.25. The van der Waals surface area contributed by atoms with Gasteiger partial charge in [0.2, 0.25) is 0 Å². The number of aliphatic hydroxyl groups is 1. The Bertz CT molecular complexity index is 356. The van der Waals surface area contributed by atoms with Crippen molar-refractivity contribution in [3.05, 3.63) is 35.4 Å². The fourth-order valence-corrected chi connectivity index (χ4v) is 1.34. The van der Waals surface area contributed by atoms with Crippen LogP contribution in [0.4, 0.5) is 0 Å². The van der Waals surface area contributed by atoms with Gasteiger partial charge in [0.1, 0.15) is 0 Å². The van der Waals surface area contributed by atoms with Crippen LogP contribution >= 0.6 is 0 Å². The summed E-state index contributed by atoms with van der Waals surface area (Å²) in [6, 6.07) is 7.20. The topological polar surface area (TPSA) is 46.5 Å². The number of carbonyl (C=O) groups excluding carboxylic acids is 1. The van der Waals surface area contributed by atoms with Gasteiger partial charge in [-0.15, -0.1) is 0 Å². The van der Waals surface area contributed by atoms with Crippen LogP contribution in [-0.2, 0) is 15.1 Å². The van der Waals surface area contributed by atoms with E-state index in [1.807, 2.05) is 13.0 Å². The zero-order valence-electron chi connectivity index (χ0n) is 9.28. The van der Waals surface area contributed by atoms with Gasteiger partial charge in [0.05, 0.1) is 6.61 Å². The Hall–Kier alpha value is -1.35. The van der Waals surface area contributed by atoms with Crippen molar-refractivity contribution in [1.82, 2.24) is 0 Å². The van der Waals surface area contributed by atoms with E-state index in [0.717, 1.165) is 5.56 Å². The Morgan fingerprint density at radius 2 is 2.20 bits per heavy atom. The minimum atomic E-state index is -1.57. The number of carbonyl (C=O) groups is 1. The van der Waals surface area contributed by atoms with Crippen LogP contribution in [0, 0.1) is 6.92 Å². The highest BCUT2D eigenvalue weighted by Gasteiger charge is 2.33. The first kappa shape index (κ1) is 11.7. The highest BCUT2D eigenvalue weighted by atomic mass is 16.5. The first-order valence-electron chi connectivity index (χ1n) is 4.95. The van der Waals surface area contributed by atoms with E-state index >= 15 is 0 Å². The maximum Gasteiger partial charge on any atom is 0.342 e. The quantitative estimate of drug-likeness (QED) is 0.770. The lowest BCUT2D eigenvalue weighted by Gasteiger charge is -2.21. The smallest absolute Gasteiger partial charge is 0.342 e. The molecule has 0 aliphatic heterocycles. The molecule has 0 aliphatic rings. The van der Waals surface area contributed by atoms with E-state index in [1.54, 1.807) is 25.1 Å². The Labute approximate surface area is 89.7 Å². The van der Waals surface area contributed by atoms with Crippen molar-refractivity contribution in [3.63, 3.8) is 0 Å². The van der Waals surface area contributed by atoms with E-state index in [9.17, 15) is 9.90 Å². The molecule has 82 valence electrons. The fraction of sp³-hybridized carbons (Fsp3) is 0.417. The summed E-state index contributed by atoms with van der Waals surface area (Å²) >= 11 is 0. The standard InChI is InChI=1S/C12H16O3/c1-4-15-11(13)12(3,14)10-7-5-6-9(2)8-10/h5-8,14H,4H2,1-3H3. The third kappa shape index (κ3) is 2.57. The number of hydrogen-bond donors (Lipinski definition) is 1. The highest BCUT2D eigenvalue weighted by Crippen LogP contribution is 2.22. The van der Waals surface area contributed by atoms with Crippen molar-refractivity contribution >= 4 is 5.97 Å². The molecule has 0 aliphatic carbocycles. The molecule has 15 heavy (non-hydrogen) atoms. The number of ether oxygens (including phenoxy) is 1. The summed E-state index contributed by atoms with van der Waals surface area (Å²) in [5.74, 6) is -0.615. The lowest BCUT2D eigenvalue weighted by molar-refractivity contribution is -0.164. The van der Waals surface area contributed by atoms with Gasteiger partial charge in [-0.25, -0.2) is 4.79 Å². The second-order valence-corrected chi connectivity index (χ2v) is 3.66. The van der Waals surface area contributed by atoms with E-state index in [-0.39, 0.29) is 6.61 Å². The summed E-state index contributed by atoms with van der Waals surface area (Å²) in [6.07, 6.45) is 0. The minimum Gasteiger partial charge on any atom is -0.464 e. The van der Waals surface area contributed by atoms with E-state index in [1.165, 1.54) is 6.92 Å². The normalized spacial score (nSPS) is 14.4. The first-order valence-corrected chi connectivity index (χ1v) is 4.95. The molecule has 0 bridgehead atoms. The lowest BCUT2D eigenvalue weighted by atomic mass is 9.95. The van der Waals surface area contributed by atoms with Crippen molar-refractivity contribution in [1.29, 1.82) is 0 Å². The highest BCUT2D eigenvalue weighted by molar-refractivity contribution is 5.80. The summed E-state index contributed by atoms with van der Waals surface area (Å²) in [4.78, 5) is 11.5. The largest absolute Gasteiger partial charge is 0.464 e. The SMILES string of the molecule is CCOC(=O)C(C)(O)c1cccc(C)c1. The fourth-order valence-electron chi connectivity index (χ4n) is 1.34. The second kappa shape index (κ2) is 4.45. The molecule has 0 fully saturated rings. The van der Waals surface area contributed by atoms with Crippen LogP contribution in [0.1, 0.15) is 25.0 Å². The maximum absolute atomic E-state index is 11.5. The summed E-state index contributed by atoms with van der Waals surface area (Å²) in [7, 11) is 0. The molecule has 1 N–H and O–H groups in total. The zero-order chi connectivity index (χ0) is 11.5. The van der Waals surface area contributed by atoms with Crippen LogP contribution in [0.15, 0.2) is 24.3 Å². The number of esters is 1.